The second-order valence-corrected chi connectivity index (χ2v) is 7.47. The van der Waals surface area contributed by atoms with Crippen molar-refractivity contribution in [1.82, 2.24) is 19.7 Å². The molecule has 0 bridgehead atoms. The van der Waals surface area contributed by atoms with Gasteiger partial charge in [0.15, 0.2) is 0 Å². The largest absolute Gasteiger partial charge is 0.364 e. The molecule has 0 unspecified atom stereocenters. The number of piperazine rings is 1. The van der Waals surface area contributed by atoms with E-state index in [0.29, 0.717) is 35.6 Å². The minimum atomic E-state index is -0.488. The fourth-order valence-electron chi connectivity index (χ4n) is 3.95. The van der Waals surface area contributed by atoms with E-state index in [0.717, 1.165) is 19.6 Å². The number of benzene rings is 1. The topological polar surface area (TPSA) is 99.9 Å². The van der Waals surface area contributed by atoms with Crippen molar-refractivity contribution in [3.63, 3.8) is 0 Å². The summed E-state index contributed by atoms with van der Waals surface area (Å²) >= 11 is 0. The monoisotopic (exact) mass is 421 g/mol. The number of nitro benzene ring substituents is 1. The van der Waals surface area contributed by atoms with Gasteiger partial charge in [-0.05, 0) is 36.4 Å². The van der Waals surface area contributed by atoms with Crippen LogP contribution in [0.2, 0.25) is 0 Å². The number of rotatable bonds is 6. The highest BCUT2D eigenvalue weighted by molar-refractivity contribution is 6.35. The molecule has 0 atom stereocenters. The van der Waals surface area contributed by atoms with E-state index in [1.807, 2.05) is 11.0 Å². The zero-order chi connectivity index (χ0) is 22.0. The molecule has 2 aromatic rings. The maximum Gasteiger partial charge on any atom is 0.278 e. The van der Waals surface area contributed by atoms with Crippen molar-refractivity contribution in [3.8, 4) is 0 Å². The third-order valence-corrected chi connectivity index (χ3v) is 5.69. The molecule has 2 aliphatic rings. The molecule has 1 saturated heterocycles. The number of pyridine rings is 1. The fourth-order valence-corrected chi connectivity index (χ4v) is 3.95. The number of nitrogens with zero attached hydrogens (tertiary/aromatic N) is 5. The zero-order valence-electron chi connectivity index (χ0n) is 17.2. The lowest BCUT2D eigenvalue weighted by atomic mass is 10.0. The van der Waals surface area contributed by atoms with Gasteiger partial charge in [0.25, 0.3) is 17.5 Å². The maximum absolute atomic E-state index is 13.4. The Hall–Kier alpha value is -3.59. The van der Waals surface area contributed by atoms with Crippen molar-refractivity contribution in [2.24, 2.45) is 0 Å². The van der Waals surface area contributed by atoms with Gasteiger partial charge in [0.2, 0.25) is 0 Å². The van der Waals surface area contributed by atoms with Crippen molar-refractivity contribution in [2.45, 2.75) is 13.5 Å². The number of aromatic nitrogens is 1. The third-order valence-electron chi connectivity index (χ3n) is 5.69. The molecule has 0 saturated carbocycles. The van der Waals surface area contributed by atoms with E-state index in [1.165, 1.54) is 29.2 Å². The van der Waals surface area contributed by atoms with Crippen molar-refractivity contribution >= 4 is 23.1 Å². The van der Waals surface area contributed by atoms with Crippen molar-refractivity contribution < 1.29 is 14.5 Å². The zero-order valence-corrected chi connectivity index (χ0v) is 17.2. The SMILES string of the molecule is CCN1CCN(C2=C(c3ccc([N+](=O)[O-])cc3)C(=O)N(Cc3ccccn3)C2=O)CC1. The normalized spacial score (nSPS) is 17.6. The number of likely N-dealkylation sites (N-methyl/N-ethyl adjacent to an activating group) is 1. The first-order chi connectivity index (χ1) is 15.0. The van der Waals surface area contributed by atoms with Crippen LogP contribution >= 0.6 is 0 Å². The predicted octanol–water partition coefficient (Wildman–Crippen LogP) is 1.91. The number of non-ortho nitro benzene ring substituents is 1. The highest BCUT2D eigenvalue weighted by atomic mass is 16.6. The molecule has 9 heteroatoms. The average molecular weight is 421 g/mol. The molecule has 160 valence electrons. The summed E-state index contributed by atoms with van der Waals surface area (Å²) in [6.45, 7) is 5.97. The first kappa shape index (κ1) is 20.7. The Morgan fingerprint density at radius 1 is 1.00 bits per heavy atom. The van der Waals surface area contributed by atoms with Crippen molar-refractivity contribution in [3.05, 3.63) is 75.7 Å². The highest BCUT2D eigenvalue weighted by Gasteiger charge is 2.42. The lowest BCUT2D eigenvalue weighted by molar-refractivity contribution is -0.384. The van der Waals surface area contributed by atoms with Gasteiger partial charge < -0.3 is 9.80 Å². The molecular formula is C22H23N5O4. The molecule has 0 N–H and O–H groups in total. The fraction of sp³-hybridized carbons (Fsp3) is 0.318. The van der Waals surface area contributed by atoms with Gasteiger partial charge in [0, 0.05) is 44.5 Å². The van der Waals surface area contributed by atoms with E-state index in [2.05, 4.69) is 16.8 Å². The van der Waals surface area contributed by atoms with Gasteiger partial charge in [0.05, 0.1) is 22.7 Å². The van der Waals surface area contributed by atoms with Crippen LogP contribution in [0.5, 0.6) is 0 Å². The van der Waals surface area contributed by atoms with Crippen LogP contribution in [-0.4, -0.2) is 69.1 Å². The number of amides is 2. The first-order valence-electron chi connectivity index (χ1n) is 10.2. The van der Waals surface area contributed by atoms with Gasteiger partial charge in [-0.3, -0.25) is 29.6 Å². The predicted molar refractivity (Wildman–Crippen MR) is 113 cm³/mol. The second kappa shape index (κ2) is 8.65. The van der Waals surface area contributed by atoms with Gasteiger partial charge in [0.1, 0.15) is 5.70 Å². The van der Waals surface area contributed by atoms with Gasteiger partial charge >= 0.3 is 0 Å². The summed E-state index contributed by atoms with van der Waals surface area (Å²) < 4.78 is 0. The number of nitro groups is 1. The first-order valence-corrected chi connectivity index (χ1v) is 10.2. The van der Waals surface area contributed by atoms with Crippen LogP contribution < -0.4 is 0 Å². The molecule has 4 rings (SSSR count). The summed E-state index contributed by atoms with van der Waals surface area (Å²) in [7, 11) is 0. The number of hydrogen-bond donors (Lipinski definition) is 0. The van der Waals surface area contributed by atoms with E-state index < -0.39 is 10.8 Å². The Labute approximate surface area is 179 Å². The van der Waals surface area contributed by atoms with Gasteiger partial charge in [-0.25, -0.2) is 0 Å². The van der Waals surface area contributed by atoms with Crippen LogP contribution in [0.1, 0.15) is 18.2 Å². The summed E-state index contributed by atoms with van der Waals surface area (Å²) in [6, 6.07) is 11.1. The molecule has 2 amide bonds. The summed E-state index contributed by atoms with van der Waals surface area (Å²) in [4.78, 5) is 47.0. The van der Waals surface area contributed by atoms with Crippen molar-refractivity contribution in [2.75, 3.05) is 32.7 Å². The smallest absolute Gasteiger partial charge is 0.278 e. The lowest BCUT2D eigenvalue weighted by Crippen LogP contribution is -2.47. The molecule has 1 aromatic heterocycles. The second-order valence-electron chi connectivity index (χ2n) is 7.47. The van der Waals surface area contributed by atoms with E-state index in [9.17, 15) is 19.7 Å². The molecule has 0 aliphatic carbocycles. The van der Waals surface area contributed by atoms with Gasteiger partial charge in [-0.1, -0.05) is 13.0 Å². The van der Waals surface area contributed by atoms with E-state index in [-0.39, 0.29) is 18.1 Å². The Morgan fingerprint density at radius 3 is 2.29 bits per heavy atom. The molecular weight excluding hydrogens is 398 g/mol. The summed E-state index contributed by atoms with van der Waals surface area (Å²) in [5.74, 6) is -0.758. The summed E-state index contributed by atoms with van der Waals surface area (Å²) in [5.41, 5.74) is 1.71. The minimum Gasteiger partial charge on any atom is -0.364 e. The van der Waals surface area contributed by atoms with Gasteiger partial charge in [-0.15, -0.1) is 0 Å². The lowest BCUT2D eigenvalue weighted by Gasteiger charge is -2.36. The number of imide groups is 1. The Bertz CT molecular complexity index is 1030. The number of carbonyl (C=O) groups is 2. The molecule has 31 heavy (non-hydrogen) atoms. The van der Waals surface area contributed by atoms with Crippen LogP contribution in [0, 0.1) is 10.1 Å². The Kier molecular flexibility index (Phi) is 5.77. The van der Waals surface area contributed by atoms with Crippen molar-refractivity contribution in [1.29, 1.82) is 0 Å². The summed E-state index contributed by atoms with van der Waals surface area (Å²) in [5, 5.41) is 11.0. The minimum absolute atomic E-state index is 0.0652. The van der Waals surface area contributed by atoms with E-state index in [1.54, 1.807) is 18.3 Å². The molecule has 1 fully saturated rings. The number of carbonyl (C=O) groups excluding carboxylic acids is 2. The van der Waals surface area contributed by atoms with Crippen LogP contribution in [0.15, 0.2) is 54.4 Å². The van der Waals surface area contributed by atoms with Gasteiger partial charge in [-0.2, -0.15) is 0 Å². The average Bonchev–Trinajstić information content (AvgIpc) is 3.04. The Morgan fingerprint density at radius 2 is 1.71 bits per heavy atom. The molecule has 0 spiro atoms. The molecule has 9 nitrogen and oxygen atoms in total. The standard InChI is InChI=1S/C22H23N5O4/c1-2-24-11-13-25(14-12-24)20-19(16-6-8-18(9-7-16)27(30)31)21(28)26(22(20)29)15-17-5-3-4-10-23-17/h3-10H,2,11-15H2,1H3. The highest BCUT2D eigenvalue weighted by Crippen LogP contribution is 2.33. The molecule has 3 heterocycles. The molecule has 1 aromatic carbocycles. The third kappa shape index (κ3) is 4.04. The van der Waals surface area contributed by atoms with Crippen LogP contribution in [0.25, 0.3) is 5.57 Å². The van der Waals surface area contributed by atoms with Crippen LogP contribution in [0.3, 0.4) is 0 Å². The number of hydrogen-bond acceptors (Lipinski definition) is 7. The molecule has 0 radical (unpaired) electrons. The van der Waals surface area contributed by atoms with E-state index >= 15 is 0 Å². The molecule has 2 aliphatic heterocycles. The van der Waals surface area contributed by atoms with Crippen LogP contribution in [0.4, 0.5) is 5.69 Å². The quantitative estimate of drug-likeness (QED) is 0.399. The maximum atomic E-state index is 13.4. The van der Waals surface area contributed by atoms with Crippen LogP contribution in [-0.2, 0) is 16.1 Å². The Balaban J connectivity index is 1.71. The van der Waals surface area contributed by atoms with E-state index in [4.69, 9.17) is 0 Å². The summed E-state index contributed by atoms with van der Waals surface area (Å²) in [6.07, 6.45) is 1.62.